The smallest absolute Gasteiger partial charge is 1.00 e. The van der Waals surface area contributed by atoms with E-state index in [9.17, 15) is 0 Å². The Morgan fingerprint density at radius 1 is 0.333 bits per heavy atom. The Kier molecular flexibility index (Phi) is 24400. The van der Waals surface area contributed by atoms with E-state index in [4.69, 9.17) is 0 Å². The molecule has 0 aromatic heterocycles. The fourth-order valence-corrected chi connectivity index (χ4v) is 0. The van der Waals surface area contributed by atoms with Gasteiger partial charge in [0.15, 0.2) is 0 Å². The summed E-state index contributed by atoms with van der Waals surface area (Å²) >= 11 is 0. The number of rotatable bonds is 0. The minimum absolute atomic E-state index is 0. The second-order valence-corrected chi connectivity index (χ2v) is 0. The van der Waals surface area contributed by atoms with Crippen LogP contribution in [0, 0.1) is 0 Å². The predicted molar refractivity (Wildman–Crippen MR) is 30.1 cm³/mol. The normalized spacial score (nSPS) is 0. The van der Waals surface area contributed by atoms with Crippen LogP contribution in [-0.4, -0.2) is 0 Å². The molecule has 0 bridgehead atoms. The van der Waals surface area contributed by atoms with Crippen LogP contribution in [-0.2, 0) is 27.3 Å². The Balaban J connectivity index is 0. The average molecular weight is 286 g/mol. The van der Waals surface area contributed by atoms with Crippen molar-refractivity contribution < 1.29 is 52.1 Å². The van der Waals surface area contributed by atoms with Crippen molar-refractivity contribution in [1.29, 1.82) is 0 Å². The van der Waals surface area contributed by atoms with Crippen LogP contribution in [0.25, 0.3) is 0 Å². The molecule has 0 aliphatic carbocycles. The molecule has 0 unspecified atom stereocenters. The van der Waals surface area contributed by atoms with Crippen LogP contribution in [0.4, 0.5) is 0 Å². The van der Waals surface area contributed by atoms with E-state index >= 15 is 0 Å². The van der Waals surface area contributed by atoms with Gasteiger partial charge in [-0.3, -0.25) is 0 Å². The molecule has 0 amide bonds. The molecule has 0 saturated carbocycles. The van der Waals surface area contributed by atoms with Crippen molar-refractivity contribution in [2.75, 3.05) is 0 Å². The molecule has 0 aromatic rings. The minimum Gasteiger partial charge on any atom is -1.00 e. The Morgan fingerprint density at radius 2 is 0.333 bits per heavy atom. The zero-order chi connectivity index (χ0) is 0. The molecule has 0 aliphatic heterocycles. The second kappa shape index (κ2) is 397. The maximum Gasteiger partial charge on any atom is 2.00 e. The molecule has 0 fully saturated rings. The first-order valence-corrected chi connectivity index (χ1v) is 0. The van der Waals surface area contributed by atoms with Crippen LogP contribution in [0.5, 0.6) is 0 Å². The van der Waals surface area contributed by atoms with E-state index < -0.39 is 0 Å². The molecule has 0 aliphatic rings. The Bertz CT molecular complexity index is 11.0. The van der Waals surface area contributed by atoms with Crippen molar-refractivity contribution in [3.8, 4) is 0 Å². The van der Waals surface area contributed by atoms with Crippen LogP contribution >= 0.6 is 0 Å². The fraction of sp³-hybridized carbons (Fsp3) is 0. The maximum atomic E-state index is 0. The zero-order valence-electron chi connectivity index (χ0n) is 5.71. The fourth-order valence-electron chi connectivity index (χ4n) is 0. The summed E-state index contributed by atoms with van der Waals surface area (Å²) < 4.78 is 0. The van der Waals surface area contributed by atoms with E-state index in [-0.39, 0.29) is 89.0 Å². The first-order valence-electron chi connectivity index (χ1n) is 0. The third-order valence-electron chi connectivity index (χ3n) is 0. The topological polar surface area (TPSA) is 210 Å². The summed E-state index contributed by atoms with van der Waals surface area (Å²) in [6.45, 7) is 0. The van der Waals surface area contributed by atoms with Gasteiger partial charge in [-0.1, -0.05) is 0 Å². The van der Waals surface area contributed by atoms with Gasteiger partial charge in [-0.25, -0.2) is 0 Å². The summed E-state index contributed by atoms with van der Waals surface area (Å²) in [4.78, 5) is 0. The Morgan fingerprint density at radius 3 is 0.333 bits per heavy atom. The summed E-state index contributed by atoms with van der Waals surface area (Å²) in [5.74, 6) is 0. The third kappa shape index (κ3) is 307. The van der Waals surface area contributed by atoms with Gasteiger partial charge in [0.05, 0.1) is 0 Å². The van der Waals surface area contributed by atoms with Crippen LogP contribution in [0.15, 0.2) is 0 Å². The summed E-state index contributed by atoms with van der Waals surface area (Å²) in [6, 6.07) is 0. The van der Waals surface area contributed by atoms with E-state index in [1.807, 2.05) is 0 Å². The van der Waals surface area contributed by atoms with Crippen LogP contribution in [0.2, 0.25) is 0 Å². The van der Waals surface area contributed by atoms with Gasteiger partial charge in [0.25, 0.3) is 0 Å². The minimum atomic E-state index is 0. The van der Waals surface area contributed by atoms with Crippen LogP contribution in [0.1, 0.15) is 0 Å². The third-order valence-corrected chi connectivity index (χ3v) is 0. The van der Waals surface area contributed by atoms with Crippen molar-refractivity contribution in [2.24, 2.45) is 0 Å². The molecule has 0 aromatic carbocycles. The monoisotopic (exact) mass is 286 g/mol. The molecule has 9 heavy (non-hydrogen) atoms. The molecule has 0 rings (SSSR count). The summed E-state index contributed by atoms with van der Waals surface area (Å²) in [5, 5.41) is 0. The SMILES string of the molecule is N.N.N.N.N.N.[Cd+2].[Cl-].[Cl-]. The first kappa shape index (κ1) is 553. The standard InChI is InChI=1S/Cd.2ClH.6H3N/h;2*1H;6*1H3/q+2;;;;;;;;/p-2. The molecule has 0 atom stereocenters. The largest absolute Gasteiger partial charge is 2.00 e. The van der Waals surface area contributed by atoms with E-state index in [0.717, 1.165) is 0 Å². The average Bonchev–Trinajstić information content (AvgIpc) is 0. The predicted octanol–water partition coefficient (Wildman–Crippen LogP) is -5.02. The van der Waals surface area contributed by atoms with Gasteiger partial charge in [-0.05, 0) is 0 Å². The quantitative estimate of drug-likeness (QED) is 0.239. The van der Waals surface area contributed by atoms with Crippen LogP contribution < -0.4 is 61.7 Å². The van der Waals surface area contributed by atoms with Gasteiger partial charge in [0.1, 0.15) is 0 Å². The molecule has 64 valence electrons. The van der Waals surface area contributed by atoms with E-state index in [1.54, 1.807) is 0 Å². The molecule has 6 nitrogen and oxygen atoms in total. The molecular formula is H18CdCl2N6. The van der Waals surface area contributed by atoms with Gasteiger partial charge < -0.3 is 61.7 Å². The van der Waals surface area contributed by atoms with Gasteiger partial charge in [0.2, 0.25) is 0 Å². The van der Waals surface area contributed by atoms with Crippen molar-refractivity contribution in [2.45, 2.75) is 0 Å². The van der Waals surface area contributed by atoms with E-state index in [1.165, 1.54) is 0 Å². The molecule has 9 heteroatoms. The van der Waals surface area contributed by atoms with Gasteiger partial charge in [0, 0.05) is 0 Å². The molecule has 18 N–H and O–H groups in total. The second-order valence-electron chi connectivity index (χ2n) is 0. The maximum absolute atomic E-state index is 0. The molecule has 0 heterocycles. The Hall–Kier alpha value is 1.26. The molecular weight excluding hydrogens is 267 g/mol. The summed E-state index contributed by atoms with van der Waals surface area (Å²) in [5.41, 5.74) is 0. The van der Waals surface area contributed by atoms with Crippen molar-refractivity contribution in [3.05, 3.63) is 0 Å². The van der Waals surface area contributed by atoms with Gasteiger partial charge >= 0.3 is 27.3 Å². The molecule has 0 saturated heterocycles. The molecule has 0 spiro atoms. The van der Waals surface area contributed by atoms with Crippen molar-refractivity contribution in [1.82, 2.24) is 36.9 Å². The van der Waals surface area contributed by atoms with Crippen LogP contribution in [0.3, 0.4) is 0 Å². The van der Waals surface area contributed by atoms with Gasteiger partial charge in [-0.15, -0.1) is 0 Å². The number of hydrogen-bond donors (Lipinski definition) is 6. The summed E-state index contributed by atoms with van der Waals surface area (Å²) in [7, 11) is 0. The first-order chi connectivity index (χ1) is 0. The van der Waals surface area contributed by atoms with Gasteiger partial charge in [-0.2, -0.15) is 0 Å². The number of halogens is 2. The van der Waals surface area contributed by atoms with Crippen molar-refractivity contribution >= 4 is 0 Å². The number of hydrogen-bond acceptors (Lipinski definition) is 6. The Labute approximate surface area is 88.8 Å². The summed E-state index contributed by atoms with van der Waals surface area (Å²) in [6.07, 6.45) is 0. The molecule has 0 radical (unpaired) electrons. The van der Waals surface area contributed by atoms with E-state index in [0.29, 0.717) is 0 Å². The van der Waals surface area contributed by atoms with Crippen molar-refractivity contribution in [3.63, 3.8) is 0 Å². The zero-order valence-corrected chi connectivity index (χ0v) is 11.3. The van der Waals surface area contributed by atoms with E-state index in [2.05, 4.69) is 0 Å².